The Morgan fingerprint density at radius 2 is 1.76 bits per heavy atom. The van der Waals surface area contributed by atoms with Crippen molar-refractivity contribution in [2.45, 2.75) is 46.1 Å². The number of nitrogens with one attached hydrogen (secondary N) is 2. The van der Waals surface area contributed by atoms with Crippen LogP contribution in [0.5, 0.6) is 11.5 Å². The summed E-state index contributed by atoms with van der Waals surface area (Å²) in [5.41, 5.74) is 1.63. The number of carbonyl (C=O) groups is 2. The van der Waals surface area contributed by atoms with Crippen molar-refractivity contribution in [2.24, 2.45) is 0 Å². The van der Waals surface area contributed by atoms with Crippen molar-refractivity contribution in [3.05, 3.63) is 59.2 Å². The fourth-order valence-corrected chi connectivity index (χ4v) is 3.77. The predicted molar refractivity (Wildman–Crippen MR) is 146 cm³/mol. The molecule has 0 atom stereocenters. The largest absolute Gasteiger partial charge is 0.497 e. The Balaban J connectivity index is 1.83. The van der Waals surface area contributed by atoms with Gasteiger partial charge in [-0.2, -0.15) is 5.10 Å². The highest BCUT2D eigenvalue weighted by molar-refractivity contribution is 6.32. The van der Waals surface area contributed by atoms with Gasteiger partial charge in [0.25, 0.3) is 0 Å². The highest BCUT2D eigenvalue weighted by Gasteiger charge is 2.25. The molecule has 0 aliphatic carbocycles. The minimum atomic E-state index is -0.441. The summed E-state index contributed by atoms with van der Waals surface area (Å²) in [6.45, 7) is 9.61. The number of nitrogens with zero attached hydrogens (tertiary/aromatic N) is 3. The number of rotatable bonds is 8. The van der Waals surface area contributed by atoms with Gasteiger partial charge in [0.1, 0.15) is 23.9 Å². The predicted octanol–water partition coefficient (Wildman–Crippen LogP) is 5.72. The molecule has 3 rings (SSSR count). The summed E-state index contributed by atoms with van der Waals surface area (Å²) in [5.74, 6) is 1.13. The van der Waals surface area contributed by atoms with Gasteiger partial charge in [0, 0.05) is 23.6 Å². The molecule has 0 saturated carbocycles. The summed E-state index contributed by atoms with van der Waals surface area (Å²) in [6, 6.07) is 13.5. The van der Waals surface area contributed by atoms with Crippen molar-refractivity contribution in [3.8, 4) is 17.2 Å². The molecule has 2 aromatic carbocycles. The zero-order valence-corrected chi connectivity index (χ0v) is 23.0. The third-order valence-corrected chi connectivity index (χ3v) is 5.99. The van der Waals surface area contributed by atoms with E-state index in [1.165, 1.54) is 12.0 Å². The Morgan fingerprint density at radius 1 is 1.05 bits per heavy atom. The quantitative estimate of drug-likeness (QED) is 0.390. The summed E-state index contributed by atoms with van der Waals surface area (Å²) in [6.07, 6.45) is 0. The lowest BCUT2D eigenvalue weighted by Gasteiger charge is -2.26. The van der Waals surface area contributed by atoms with Gasteiger partial charge < -0.3 is 25.0 Å². The van der Waals surface area contributed by atoms with E-state index in [1.54, 1.807) is 36.1 Å². The zero-order chi connectivity index (χ0) is 27.3. The standard InChI is InChI=1S/C27H34ClN5O4/c1-17(2)32(26(35)29-20-13-12-18(36-6)14-22(20)37-7)16-25(34)30-24-15-23(27(3,4)5)31-33(24)21-11-9-8-10-19(21)28/h8-15,17H,16H2,1-7H3,(H,29,35)(H,30,34). The van der Waals surface area contributed by atoms with Gasteiger partial charge in [-0.1, -0.05) is 44.5 Å². The fraction of sp³-hybridized carbons (Fsp3) is 0.370. The smallest absolute Gasteiger partial charge is 0.322 e. The molecule has 1 aromatic heterocycles. The van der Waals surface area contributed by atoms with Gasteiger partial charge in [-0.3, -0.25) is 4.79 Å². The molecule has 9 nitrogen and oxygen atoms in total. The number of ether oxygens (including phenoxy) is 2. The van der Waals surface area contributed by atoms with Gasteiger partial charge >= 0.3 is 6.03 Å². The van der Waals surface area contributed by atoms with Gasteiger partial charge in [0.15, 0.2) is 0 Å². The molecule has 0 spiro atoms. The first-order valence-corrected chi connectivity index (χ1v) is 12.3. The number of amides is 3. The minimum Gasteiger partial charge on any atom is -0.497 e. The minimum absolute atomic E-state index is 0.180. The zero-order valence-electron chi connectivity index (χ0n) is 22.3. The summed E-state index contributed by atoms with van der Waals surface area (Å²) in [5, 5.41) is 10.9. The molecule has 0 unspecified atom stereocenters. The number of carbonyl (C=O) groups excluding carboxylic acids is 2. The molecule has 37 heavy (non-hydrogen) atoms. The van der Waals surface area contributed by atoms with E-state index in [1.807, 2.05) is 58.9 Å². The SMILES string of the molecule is COc1ccc(NC(=O)N(CC(=O)Nc2cc(C(C)(C)C)nn2-c2ccccc2Cl)C(C)C)c(OC)c1. The molecule has 0 aliphatic rings. The third-order valence-electron chi connectivity index (χ3n) is 5.67. The van der Waals surface area contributed by atoms with E-state index in [2.05, 4.69) is 10.6 Å². The van der Waals surface area contributed by atoms with E-state index < -0.39 is 6.03 Å². The number of methoxy groups -OCH3 is 2. The first kappa shape index (κ1) is 27.9. The lowest BCUT2D eigenvalue weighted by Crippen LogP contribution is -2.44. The van der Waals surface area contributed by atoms with Crippen LogP contribution in [-0.4, -0.2) is 53.4 Å². The van der Waals surface area contributed by atoms with Crippen LogP contribution in [-0.2, 0) is 10.2 Å². The van der Waals surface area contributed by atoms with Gasteiger partial charge in [-0.05, 0) is 38.1 Å². The fourth-order valence-electron chi connectivity index (χ4n) is 3.56. The lowest BCUT2D eigenvalue weighted by atomic mass is 9.92. The van der Waals surface area contributed by atoms with Crippen LogP contribution in [0, 0.1) is 0 Å². The van der Waals surface area contributed by atoms with E-state index in [4.69, 9.17) is 26.2 Å². The number of hydrogen-bond acceptors (Lipinski definition) is 5. The van der Waals surface area contributed by atoms with Crippen LogP contribution in [0.15, 0.2) is 48.5 Å². The Morgan fingerprint density at radius 3 is 2.35 bits per heavy atom. The van der Waals surface area contributed by atoms with Gasteiger partial charge in [0.05, 0.1) is 36.3 Å². The molecular formula is C27H34ClN5O4. The van der Waals surface area contributed by atoms with Crippen molar-refractivity contribution in [1.82, 2.24) is 14.7 Å². The Kier molecular flexibility index (Phi) is 8.70. The summed E-state index contributed by atoms with van der Waals surface area (Å²) < 4.78 is 12.2. The summed E-state index contributed by atoms with van der Waals surface area (Å²) in [4.78, 5) is 27.7. The van der Waals surface area contributed by atoms with Crippen LogP contribution >= 0.6 is 11.6 Å². The van der Waals surface area contributed by atoms with Crippen molar-refractivity contribution in [1.29, 1.82) is 0 Å². The normalized spacial score (nSPS) is 11.3. The Labute approximate surface area is 222 Å². The van der Waals surface area contributed by atoms with Gasteiger partial charge in [-0.15, -0.1) is 0 Å². The Bertz CT molecular complexity index is 1270. The molecule has 2 N–H and O–H groups in total. The molecule has 3 aromatic rings. The van der Waals surface area contributed by atoms with E-state index >= 15 is 0 Å². The number of anilines is 2. The van der Waals surface area contributed by atoms with Crippen molar-refractivity contribution in [2.75, 3.05) is 31.4 Å². The number of hydrogen-bond donors (Lipinski definition) is 2. The average molecular weight is 528 g/mol. The van der Waals surface area contributed by atoms with Crippen LogP contribution in [0.25, 0.3) is 5.69 Å². The van der Waals surface area contributed by atoms with Crippen LogP contribution in [0.2, 0.25) is 5.02 Å². The number of urea groups is 1. The monoisotopic (exact) mass is 527 g/mol. The highest BCUT2D eigenvalue weighted by Crippen LogP contribution is 2.30. The topological polar surface area (TPSA) is 97.7 Å². The molecule has 3 amide bonds. The Hall–Kier alpha value is -3.72. The maximum absolute atomic E-state index is 13.2. The average Bonchev–Trinajstić information content (AvgIpc) is 3.26. The second kappa shape index (κ2) is 11.6. The lowest BCUT2D eigenvalue weighted by molar-refractivity contribution is -0.117. The van der Waals surface area contributed by atoms with Crippen molar-refractivity contribution < 1.29 is 19.1 Å². The van der Waals surface area contributed by atoms with Gasteiger partial charge in [0.2, 0.25) is 5.91 Å². The van der Waals surface area contributed by atoms with Crippen LogP contribution in [0.1, 0.15) is 40.3 Å². The van der Waals surface area contributed by atoms with E-state index in [0.717, 1.165) is 5.69 Å². The molecule has 10 heteroatoms. The van der Waals surface area contributed by atoms with Crippen LogP contribution < -0.4 is 20.1 Å². The second-order valence-corrected chi connectivity index (χ2v) is 10.2. The molecule has 1 heterocycles. The third kappa shape index (κ3) is 6.74. The van der Waals surface area contributed by atoms with Crippen molar-refractivity contribution >= 4 is 35.0 Å². The molecule has 0 saturated heterocycles. The first-order valence-electron chi connectivity index (χ1n) is 11.9. The van der Waals surface area contributed by atoms with Crippen LogP contribution in [0.3, 0.4) is 0 Å². The number of halogens is 1. The molecule has 0 fully saturated rings. The van der Waals surface area contributed by atoms with Crippen LogP contribution in [0.4, 0.5) is 16.3 Å². The van der Waals surface area contributed by atoms with Crippen molar-refractivity contribution in [3.63, 3.8) is 0 Å². The van der Waals surface area contributed by atoms with E-state index in [-0.39, 0.29) is 23.9 Å². The second-order valence-electron chi connectivity index (χ2n) is 9.79. The molecule has 0 radical (unpaired) electrons. The number of para-hydroxylation sites is 1. The maximum atomic E-state index is 13.2. The number of aromatic nitrogens is 2. The summed E-state index contributed by atoms with van der Waals surface area (Å²) >= 11 is 6.43. The molecular weight excluding hydrogens is 494 g/mol. The molecule has 0 bridgehead atoms. The van der Waals surface area contributed by atoms with E-state index in [9.17, 15) is 9.59 Å². The first-order chi connectivity index (χ1) is 17.4. The summed E-state index contributed by atoms with van der Waals surface area (Å²) in [7, 11) is 3.06. The van der Waals surface area contributed by atoms with E-state index in [0.29, 0.717) is 33.7 Å². The maximum Gasteiger partial charge on any atom is 0.322 e. The number of benzene rings is 2. The highest BCUT2D eigenvalue weighted by atomic mass is 35.5. The molecule has 198 valence electrons. The molecule has 0 aliphatic heterocycles. The van der Waals surface area contributed by atoms with Gasteiger partial charge in [-0.25, -0.2) is 9.48 Å².